The molecule has 1 aromatic heterocycles. The molecule has 5 nitrogen and oxygen atoms in total. The van der Waals surface area contributed by atoms with E-state index in [1.165, 1.54) is 52.8 Å². The Morgan fingerprint density at radius 2 is 2.00 bits per heavy atom. The molecule has 138 valence electrons. The van der Waals surface area contributed by atoms with E-state index in [0.29, 0.717) is 15.2 Å². The van der Waals surface area contributed by atoms with Gasteiger partial charge in [0.2, 0.25) is 11.0 Å². The number of benzene rings is 2. The number of hydrogen-bond donors (Lipinski definition) is 2. The van der Waals surface area contributed by atoms with Crippen molar-refractivity contribution < 1.29 is 9.18 Å². The van der Waals surface area contributed by atoms with E-state index in [9.17, 15) is 9.18 Å². The maximum absolute atomic E-state index is 13.2. The number of fused-ring (bicyclic) bond motifs is 1. The highest BCUT2D eigenvalue weighted by atomic mass is 32.2. The number of hydrogen-bond acceptors (Lipinski definition) is 6. The Bertz CT molecular complexity index is 976. The third kappa shape index (κ3) is 4.64. The van der Waals surface area contributed by atoms with Crippen molar-refractivity contribution in [1.82, 2.24) is 10.2 Å². The Morgan fingerprint density at radius 3 is 2.89 bits per heavy atom. The first kappa shape index (κ1) is 17.9. The normalized spacial score (nSPS) is 12.6. The molecule has 1 aliphatic carbocycles. The van der Waals surface area contributed by atoms with Gasteiger partial charge in [-0.1, -0.05) is 35.2 Å². The fourth-order valence-corrected chi connectivity index (χ4v) is 4.55. The predicted octanol–water partition coefficient (Wildman–Crippen LogP) is 4.64. The predicted molar refractivity (Wildman–Crippen MR) is 107 cm³/mol. The van der Waals surface area contributed by atoms with Gasteiger partial charge < -0.3 is 10.6 Å². The van der Waals surface area contributed by atoms with E-state index >= 15 is 0 Å². The molecule has 27 heavy (non-hydrogen) atoms. The van der Waals surface area contributed by atoms with Gasteiger partial charge in [-0.15, -0.1) is 10.2 Å². The van der Waals surface area contributed by atoms with Gasteiger partial charge in [0.1, 0.15) is 5.82 Å². The molecule has 0 saturated carbocycles. The van der Waals surface area contributed by atoms with E-state index in [-0.39, 0.29) is 17.5 Å². The van der Waals surface area contributed by atoms with Gasteiger partial charge in [-0.25, -0.2) is 4.39 Å². The van der Waals surface area contributed by atoms with Crippen LogP contribution in [0, 0.1) is 5.82 Å². The first-order valence-corrected chi connectivity index (χ1v) is 10.4. The van der Waals surface area contributed by atoms with Crippen molar-refractivity contribution in [3.8, 4) is 0 Å². The molecule has 1 aliphatic rings. The molecule has 1 amide bonds. The fraction of sp³-hybridized carbons (Fsp3) is 0.211. The van der Waals surface area contributed by atoms with E-state index in [1.54, 1.807) is 12.1 Å². The first-order valence-electron chi connectivity index (χ1n) is 8.56. The number of amides is 1. The topological polar surface area (TPSA) is 66.9 Å². The third-order valence-corrected chi connectivity index (χ3v) is 6.16. The number of thioether (sulfide) groups is 1. The van der Waals surface area contributed by atoms with Crippen molar-refractivity contribution in [2.24, 2.45) is 0 Å². The van der Waals surface area contributed by atoms with Crippen LogP contribution in [0.3, 0.4) is 0 Å². The average molecular weight is 401 g/mol. The maximum atomic E-state index is 13.2. The van der Waals surface area contributed by atoms with Crippen molar-refractivity contribution in [3.63, 3.8) is 0 Å². The van der Waals surface area contributed by atoms with Crippen molar-refractivity contribution in [2.45, 2.75) is 23.6 Å². The second-order valence-electron chi connectivity index (χ2n) is 6.18. The Labute approximate surface area is 164 Å². The number of aromatic nitrogens is 2. The van der Waals surface area contributed by atoms with Gasteiger partial charge in [-0.2, -0.15) is 0 Å². The summed E-state index contributed by atoms with van der Waals surface area (Å²) in [6.07, 6.45) is 3.40. The van der Waals surface area contributed by atoms with Gasteiger partial charge in [0.15, 0.2) is 4.34 Å². The Balaban J connectivity index is 1.30. The number of rotatable bonds is 6. The van der Waals surface area contributed by atoms with Crippen LogP contribution < -0.4 is 10.6 Å². The van der Waals surface area contributed by atoms with E-state index < -0.39 is 0 Å². The van der Waals surface area contributed by atoms with Gasteiger partial charge in [-0.3, -0.25) is 4.79 Å². The monoisotopic (exact) mass is 400 g/mol. The van der Waals surface area contributed by atoms with Crippen molar-refractivity contribution in [2.75, 3.05) is 16.4 Å². The number of nitrogens with zero attached hydrogens (tertiary/aromatic N) is 2. The highest BCUT2D eigenvalue weighted by molar-refractivity contribution is 8.01. The largest absolute Gasteiger partial charge is 0.330 e. The molecule has 0 atom stereocenters. The molecule has 0 unspecified atom stereocenters. The summed E-state index contributed by atoms with van der Waals surface area (Å²) in [5, 5.41) is 14.6. The lowest BCUT2D eigenvalue weighted by molar-refractivity contribution is -0.113. The minimum Gasteiger partial charge on any atom is -0.330 e. The molecule has 2 N–H and O–H groups in total. The van der Waals surface area contributed by atoms with Gasteiger partial charge in [0.05, 0.1) is 5.75 Å². The molecule has 0 bridgehead atoms. The quantitative estimate of drug-likeness (QED) is 0.590. The molecule has 1 heterocycles. The molecular weight excluding hydrogens is 383 g/mol. The van der Waals surface area contributed by atoms with Gasteiger partial charge in [0, 0.05) is 11.4 Å². The minimum absolute atomic E-state index is 0.0761. The zero-order valence-electron chi connectivity index (χ0n) is 14.4. The van der Waals surface area contributed by atoms with Gasteiger partial charge >= 0.3 is 0 Å². The van der Waals surface area contributed by atoms with Crippen LogP contribution in [0.1, 0.15) is 17.5 Å². The Morgan fingerprint density at radius 1 is 1.11 bits per heavy atom. The number of carbonyl (C=O) groups excluding carboxylic acids is 1. The van der Waals surface area contributed by atoms with Gasteiger partial charge in [-0.05, 0) is 60.7 Å². The van der Waals surface area contributed by atoms with E-state index in [4.69, 9.17) is 0 Å². The molecule has 0 saturated heterocycles. The molecular formula is C19H17FN4OS2. The van der Waals surface area contributed by atoms with Crippen LogP contribution in [-0.4, -0.2) is 21.9 Å². The summed E-state index contributed by atoms with van der Waals surface area (Å²) in [6, 6.07) is 12.3. The number of halogens is 1. The smallest absolute Gasteiger partial charge is 0.234 e. The van der Waals surface area contributed by atoms with Crippen LogP contribution in [0.5, 0.6) is 0 Å². The van der Waals surface area contributed by atoms with E-state index in [0.717, 1.165) is 18.5 Å². The minimum atomic E-state index is -0.317. The zero-order chi connectivity index (χ0) is 18.6. The van der Waals surface area contributed by atoms with Crippen LogP contribution in [0.15, 0.2) is 46.8 Å². The number of aryl methyl sites for hydroxylation is 2. The van der Waals surface area contributed by atoms with Crippen LogP contribution >= 0.6 is 23.1 Å². The highest BCUT2D eigenvalue weighted by Gasteiger charge is 2.13. The van der Waals surface area contributed by atoms with Crippen molar-refractivity contribution in [1.29, 1.82) is 0 Å². The Hall–Kier alpha value is -2.45. The molecule has 4 rings (SSSR count). The first-order chi connectivity index (χ1) is 13.2. The molecule has 3 aromatic rings. The van der Waals surface area contributed by atoms with E-state index in [1.807, 2.05) is 6.07 Å². The summed E-state index contributed by atoms with van der Waals surface area (Å²) < 4.78 is 13.9. The highest BCUT2D eigenvalue weighted by Crippen LogP contribution is 2.28. The molecule has 2 aromatic carbocycles. The summed E-state index contributed by atoms with van der Waals surface area (Å²) in [5.41, 5.74) is 4.16. The summed E-state index contributed by atoms with van der Waals surface area (Å²) in [4.78, 5) is 12.2. The van der Waals surface area contributed by atoms with Crippen LogP contribution in [0.4, 0.5) is 20.9 Å². The molecule has 0 aliphatic heterocycles. The lowest BCUT2D eigenvalue weighted by Crippen LogP contribution is -2.14. The summed E-state index contributed by atoms with van der Waals surface area (Å²) in [5.74, 6) is -0.138. The summed E-state index contributed by atoms with van der Waals surface area (Å²) in [6.45, 7) is 0. The van der Waals surface area contributed by atoms with Crippen LogP contribution in [0.2, 0.25) is 0 Å². The molecule has 8 heteroatoms. The van der Waals surface area contributed by atoms with Crippen LogP contribution in [-0.2, 0) is 17.6 Å². The zero-order valence-corrected chi connectivity index (χ0v) is 16.0. The number of anilines is 3. The summed E-state index contributed by atoms with van der Waals surface area (Å²) >= 11 is 2.65. The Kier molecular flexibility index (Phi) is 5.35. The average Bonchev–Trinajstić information content (AvgIpc) is 3.29. The lowest BCUT2D eigenvalue weighted by atomic mass is 10.1. The number of carbonyl (C=O) groups is 1. The second kappa shape index (κ2) is 8.06. The maximum Gasteiger partial charge on any atom is 0.234 e. The van der Waals surface area contributed by atoms with Crippen molar-refractivity contribution in [3.05, 3.63) is 59.4 Å². The van der Waals surface area contributed by atoms with Crippen molar-refractivity contribution >= 4 is 45.5 Å². The molecule has 0 spiro atoms. The molecule has 0 fully saturated rings. The lowest BCUT2D eigenvalue weighted by Gasteiger charge is -2.06. The third-order valence-electron chi connectivity index (χ3n) is 4.19. The molecule has 0 radical (unpaired) electrons. The fourth-order valence-electron chi connectivity index (χ4n) is 2.98. The second-order valence-corrected chi connectivity index (χ2v) is 8.38. The van der Waals surface area contributed by atoms with Gasteiger partial charge in [0.25, 0.3) is 0 Å². The number of nitrogens with one attached hydrogen (secondary N) is 2. The van der Waals surface area contributed by atoms with E-state index in [2.05, 4.69) is 33.0 Å². The SMILES string of the molecule is O=C(CSc1nnc(Nc2cccc(F)c2)s1)Nc1ccc2c(c1)CCC2. The summed E-state index contributed by atoms with van der Waals surface area (Å²) in [7, 11) is 0. The van der Waals surface area contributed by atoms with Crippen LogP contribution in [0.25, 0.3) is 0 Å². The standard InChI is InChI=1S/C19H17FN4OS2/c20-14-5-2-6-15(10-14)22-18-23-24-19(27-18)26-11-17(25)21-16-8-7-12-3-1-4-13(12)9-16/h2,5-10H,1,3-4,11H2,(H,21,25)(H,22,23).